The Kier molecular flexibility index (Phi) is 46.6. The van der Waals surface area contributed by atoms with Crippen LogP contribution in [0.25, 0.3) is 66.8 Å². The molecule has 0 saturated heterocycles. The third kappa shape index (κ3) is 38.5. The van der Waals surface area contributed by atoms with Crippen LogP contribution in [-0.4, -0.2) is 76.1 Å². The fourth-order valence-electron chi connectivity index (χ4n) is 13.3. The molecule has 24 heteroatoms. The zero-order chi connectivity index (χ0) is 90.1. The van der Waals surface area contributed by atoms with Gasteiger partial charge in [-0.25, -0.2) is 4.21 Å². The number of hydrogen-bond acceptors (Lipinski definition) is 10. The minimum atomic E-state index is -3.11. The van der Waals surface area contributed by atoms with Gasteiger partial charge >= 0.3 is 79.1 Å². The van der Waals surface area contributed by atoms with Gasteiger partial charge in [0.25, 0.3) is 0 Å². The van der Waals surface area contributed by atoms with Crippen molar-refractivity contribution >= 4 is 129 Å². The number of allylic oxidation sites excluding steroid dienone is 1. The summed E-state index contributed by atoms with van der Waals surface area (Å²) in [7, 11) is 28.8. The third-order valence-electron chi connectivity index (χ3n) is 18.4. The second-order valence-electron chi connectivity index (χ2n) is 31.4. The average molecular weight is 1950 g/mol. The first-order valence-electron chi connectivity index (χ1n) is 39.3. The van der Waals surface area contributed by atoms with Crippen LogP contribution < -0.4 is 53.2 Å². The van der Waals surface area contributed by atoms with E-state index in [0.717, 1.165) is 111 Å². The zero-order valence-corrected chi connectivity index (χ0v) is 84.2. The number of aliphatic hydroxyl groups is 1. The van der Waals surface area contributed by atoms with Crippen LogP contribution in [0.15, 0.2) is 309 Å². The maximum Gasteiger partial charge on any atom is 1.00 e. The van der Waals surface area contributed by atoms with E-state index in [0.29, 0.717) is 29.7 Å². The number of phenolic OH excluding ortho intramolecular Hbond substituents is 1. The number of hydrogen-bond donors (Lipinski definition) is 2. The molecule has 0 saturated carbocycles. The van der Waals surface area contributed by atoms with E-state index in [-0.39, 0.29) is 68.4 Å². The van der Waals surface area contributed by atoms with Crippen LogP contribution in [0, 0.1) is 0 Å². The first-order chi connectivity index (χ1) is 58.3. The summed E-state index contributed by atoms with van der Waals surface area (Å²) >= 11 is 18.2. The maximum absolute atomic E-state index is 11.3. The van der Waals surface area contributed by atoms with Crippen molar-refractivity contribution in [1.82, 2.24) is 0 Å². The van der Waals surface area contributed by atoms with Crippen molar-refractivity contribution in [1.29, 1.82) is 0 Å². The van der Waals surface area contributed by atoms with Crippen molar-refractivity contribution in [3.05, 3.63) is 348 Å². The van der Waals surface area contributed by atoms with Gasteiger partial charge in [0, 0.05) is 79.6 Å². The fourth-order valence-corrected chi connectivity index (χ4v) is 13.5. The number of halogens is 10. The second kappa shape index (κ2) is 53.5. The van der Waals surface area contributed by atoms with E-state index in [2.05, 4.69) is 220 Å². The number of aliphatic hydroxyl groups excluding tert-OH is 1. The van der Waals surface area contributed by atoms with Crippen LogP contribution in [0.3, 0.4) is 0 Å². The SMILES string of the molecule is C=C(C)CCl.C=C(C)COc1ccc(-c2ccccc2)cc1.CC1(C)Cc2cc(-c3ccccc3)cc(C=O)c2O1.CC1(C)Cc2cc(-c3ccccc3)cc(CCl)c2O1.CC1(C)Cc2cc(-c3ccccc3)cc(CO)c2O1.CC1(C)Cc2cc(-c3ccccc3)ccc2O1.COC(Cl)Cl.O=S(Cl)Cl.Oc1ccc(-c2ccccc2)cc1.[B].[Cl][Ti]([Cl])([Cl])[Cl].[H-].[Na+]. The summed E-state index contributed by atoms with van der Waals surface area (Å²) in [6, 6.07) is 96.0. The van der Waals surface area contributed by atoms with Gasteiger partial charge < -0.3 is 40.1 Å². The van der Waals surface area contributed by atoms with Crippen molar-refractivity contribution < 1.29 is 91.0 Å². The largest absolute Gasteiger partial charge is 1.00 e. The molecule has 4 heterocycles. The van der Waals surface area contributed by atoms with Crippen LogP contribution in [-0.2, 0) is 64.5 Å². The van der Waals surface area contributed by atoms with E-state index < -0.39 is 26.6 Å². The maximum atomic E-state index is 11.3. The minimum Gasteiger partial charge on any atom is -1.00 e. The number of alkyl halides is 4. The Balaban J connectivity index is 0.000000303. The van der Waals surface area contributed by atoms with Crippen LogP contribution in [0.4, 0.5) is 0 Å². The van der Waals surface area contributed by atoms with Gasteiger partial charge in [0.05, 0.1) is 18.1 Å². The number of ether oxygens (including phenoxy) is 6. The van der Waals surface area contributed by atoms with E-state index >= 15 is 0 Å². The molecular formula is C101H105BCl10NaO10STi. The molecule has 12 aromatic carbocycles. The predicted octanol–water partition coefficient (Wildman–Crippen LogP) is 27.4. The van der Waals surface area contributed by atoms with Gasteiger partial charge in [-0.3, -0.25) is 4.79 Å². The zero-order valence-electron chi connectivity index (χ0n) is 73.3. The molecule has 2 N–H and O–H groups in total. The van der Waals surface area contributed by atoms with E-state index in [9.17, 15) is 9.90 Å². The summed E-state index contributed by atoms with van der Waals surface area (Å²) in [5.74, 6) is 5.90. The van der Waals surface area contributed by atoms with E-state index in [1.54, 1.807) is 12.1 Å². The number of methoxy groups -OCH3 is 1. The van der Waals surface area contributed by atoms with Gasteiger partial charge in [0.15, 0.2) is 6.29 Å². The van der Waals surface area contributed by atoms with Crippen LogP contribution in [0.1, 0.15) is 114 Å². The molecule has 653 valence electrons. The summed E-state index contributed by atoms with van der Waals surface area (Å²) < 4.78 is 42.7. The molecule has 12 aromatic rings. The Morgan fingerprint density at radius 2 is 0.736 bits per heavy atom. The molecule has 0 fully saturated rings. The molecule has 125 heavy (non-hydrogen) atoms. The van der Waals surface area contributed by atoms with Crippen molar-refractivity contribution in [3.63, 3.8) is 0 Å². The van der Waals surface area contributed by atoms with Gasteiger partial charge in [0.1, 0.15) is 63.5 Å². The number of rotatable bonds is 14. The molecule has 0 spiro atoms. The normalized spacial score (nSPS) is 13.3. The molecule has 10 nitrogen and oxygen atoms in total. The predicted molar refractivity (Wildman–Crippen MR) is 526 cm³/mol. The number of benzene rings is 12. The molecular weight excluding hydrogens is 1840 g/mol. The van der Waals surface area contributed by atoms with Crippen LogP contribution in [0.5, 0.6) is 34.5 Å². The second-order valence-corrected chi connectivity index (χ2v) is 51.0. The third-order valence-corrected chi connectivity index (χ3v) is 19.5. The molecule has 3 radical (unpaired) electrons. The Morgan fingerprint density at radius 1 is 0.456 bits per heavy atom. The quantitative estimate of drug-likeness (QED) is 0.0357. The monoisotopic (exact) mass is 1940 g/mol. The average Bonchev–Trinajstić information content (AvgIpc) is 1.63. The molecule has 0 amide bonds. The molecule has 16 rings (SSSR count). The van der Waals surface area contributed by atoms with Gasteiger partial charge in [-0.2, -0.15) is 0 Å². The minimum absolute atomic E-state index is 0. The van der Waals surface area contributed by atoms with Gasteiger partial charge in [-0.05, 0) is 237 Å². The molecule has 4 aliphatic rings. The summed E-state index contributed by atoms with van der Waals surface area (Å²) in [5, 5.41) is 18.0. The Bertz CT molecular complexity index is 5220. The first-order valence-corrected chi connectivity index (χ1v) is 52.6. The number of aromatic hydroxyl groups is 1. The Labute approximate surface area is 815 Å². The Hall–Kier alpha value is -6.66. The number of phenols is 1. The van der Waals surface area contributed by atoms with E-state index in [1.807, 2.05) is 161 Å². The van der Waals surface area contributed by atoms with Crippen molar-refractivity contribution in [3.8, 4) is 101 Å². The number of aldehydes is 1. The molecule has 0 aliphatic carbocycles. The van der Waals surface area contributed by atoms with E-state index in [4.69, 9.17) is 117 Å². The summed E-state index contributed by atoms with van der Waals surface area (Å²) in [5.41, 5.74) is 23.2. The Morgan fingerprint density at radius 3 is 1.07 bits per heavy atom. The number of fused-ring (bicyclic) bond motifs is 4. The first kappa shape index (κ1) is 109. The van der Waals surface area contributed by atoms with Crippen LogP contribution >= 0.6 is 105 Å². The molecule has 0 unspecified atom stereocenters. The van der Waals surface area contributed by atoms with Gasteiger partial charge in [-0.15, -0.1) is 23.2 Å². The van der Waals surface area contributed by atoms with Crippen LogP contribution in [0.2, 0.25) is 0 Å². The summed E-state index contributed by atoms with van der Waals surface area (Å²) in [4.78, 5) is 11.3. The van der Waals surface area contributed by atoms with Crippen molar-refractivity contribution in [2.75, 3.05) is 19.6 Å². The van der Waals surface area contributed by atoms with Crippen molar-refractivity contribution in [2.24, 2.45) is 0 Å². The summed E-state index contributed by atoms with van der Waals surface area (Å²) in [6.45, 7) is 28.5. The molecule has 4 aliphatic heterocycles. The molecule has 0 atom stereocenters. The number of carbonyl (C=O) groups excluding carboxylic acids is 1. The standard InChI is InChI=1S/C17H17ClO.C17H18O2.C17H16O2.2C16H16O.C12H10O.C4H7Cl.C2H4Cl2O.B.Cl2OS.4ClH.Na.Ti.H/c3*1-17(2)10-14-8-13(12-6-4-3-5-7-12)9-15(11-18)16(14)19-17;1-16(2)11-14-10-13(8-9-15(14)17-16)12-6-4-3-5-7-12;1-13(2)12-17-16-10-8-15(9-11-16)14-6-4-3-5-7-14;13-12-8-6-11(7-9-12)10-4-2-1-3-5-10;1-4(2)3-5;1-5-2(3)4;;1-4(2)3;;;;;;;/h3-9H,10-11H2,1-2H3;3-9,18H,10-11H2,1-2H3;3-9,11H,10H2,1-2H3;3-10H,11H2,1-2H3;3-11H,1,12H2,2H3;1-9,13H;1,3H2,2H3;2H,1H3;;;4*1H;;;/q;;;;;;;;;;;;;;+1;+4;-1/p-4. The molecule has 0 bridgehead atoms. The number of carbonyl (C=O) groups is 1. The molecule has 0 aromatic heterocycles. The van der Waals surface area contributed by atoms with E-state index in [1.165, 1.54) is 68.3 Å². The smallest absolute Gasteiger partial charge is 1.00 e. The van der Waals surface area contributed by atoms with Gasteiger partial charge in [-0.1, -0.05) is 254 Å². The van der Waals surface area contributed by atoms with Gasteiger partial charge in [0.2, 0.25) is 14.2 Å². The summed E-state index contributed by atoms with van der Waals surface area (Å²) in [6.07, 6.45) is 4.53. The topological polar surface area (TPSA) is 130 Å². The van der Waals surface area contributed by atoms with Crippen molar-refractivity contribution in [2.45, 2.75) is 135 Å². The fraction of sp³-hybridized carbons (Fsp3) is 0.238.